The van der Waals surface area contributed by atoms with Crippen molar-refractivity contribution in [3.05, 3.63) is 40.8 Å². The Morgan fingerprint density at radius 1 is 1.24 bits per heavy atom. The number of hydrogen-bond donors (Lipinski definition) is 2. The van der Waals surface area contributed by atoms with Crippen LogP contribution in [-0.2, 0) is 14.8 Å². The number of benzene rings is 1. The second-order valence-corrected chi connectivity index (χ2v) is 7.95. The van der Waals surface area contributed by atoms with Crippen LogP contribution in [0.1, 0.15) is 38.3 Å². The molecule has 0 aromatic heterocycles. The maximum absolute atomic E-state index is 12.1. The number of carbonyl (C=O) groups excluding carboxylic acids is 1. The number of hydrogen-bond acceptors (Lipinski definition) is 4. The van der Waals surface area contributed by atoms with Gasteiger partial charge in [0.2, 0.25) is 10.0 Å². The minimum atomic E-state index is -3.59. The SMILES string of the molecule is CCOC(=O)NC(CNS(=O)(=O)/C=C/c1ccc(C)cc1)CC(C)C. The van der Waals surface area contributed by atoms with Crippen LogP contribution in [0.2, 0.25) is 0 Å². The monoisotopic (exact) mass is 368 g/mol. The van der Waals surface area contributed by atoms with Crippen molar-refractivity contribution in [2.75, 3.05) is 13.2 Å². The summed E-state index contributed by atoms with van der Waals surface area (Å²) >= 11 is 0. The maximum atomic E-state index is 12.1. The number of alkyl carbamates (subject to hydrolysis) is 1. The first-order valence-corrected chi connectivity index (χ1v) is 9.94. The molecule has 1 aromatic rings. The molecule has 25 heavy (non-hydrogen) atoms. The van der Waals surface area contributed by atoms with Gasteiger partial charge in [0, 0.05) is 18.0 Å². The minimum absolute atomic E-state index is 0.109. The number of carbonyl (C=O) groups is 1. The van der Waals surface area contributed by atoms with E-state index >= 15 is 0 Å². The van der Waals surface area contributed by atoms with Gasteiger partial charge in [0.25, 0.3) is 0 Å². The Morgan fingerprint density at radius 3 is 2.44 bits per heavy atom. The zero-order chi connectivity index (χ0) is 18.9. The molecular weight excluding hydrogens is 340 g/mol. The zero-order valence-electron chi connectivity index (χ0n) is 15.3. The fraction of sp³-hybridized carbons (Fsp3) is 0.500. The molecule has 0 heterocycles. The molecule has 0 spiro atoms. The Balaban J connectivity index is 2.65. The lowest BCUT2D eigenvalue weighted by atomic mass is 10.0. The van der Waals surface area contributed by atoms with E-state index in [1.165, 1.54) is 6.08 Å². The Bertz CT molecular complexity index is 667. The van der Waals surface area contributed by atoms with E-state index in [2.05, 4.69) is 10.0 Å². The van der Waals surface area contributed by atoms with E-state index in [1.807, 2.05) is 45.0 Å². The normalized spacial score (nSPS) is 13.2. The van der Waals surface area contributed by atoms with E-state index in [9.17, 15) is 13.2 Å². The van der Waals surface area contributed by atoms with Gasteiger partial charge in [0.15, 0.2) is 0 Å². The number of sulfonamides is 1. The van der Waals surface area contributed by atoms with Crippen LogP contribution in [0.15, 0.2) is 29.7 Å². The molecule has 1 rings (SSSR count). The molecule has 0 saturated heterocycles. The molecule has 140 valence electrons. The molecule has 0 bridgehead atoms. The lowest BCUT2D eigenvalue weighted by molar-refractivity contribution is 0.146. The Kier molecular flexibility index (Phi) is 8.65. The highest BCUT2D eigenvalue weighted by Crippen LogP contribution is 2.07. The number of ether oxygens (including phenoxy) is 1. The predicted octanol–water partition coefficient (Wildman–Crippen LogP) is 3.05. The summed E-state index contributed by atoms with van der Waals surface area (Å²) in [7, 11) is -3.59. The van der Waals surface area contributed by atoms with E-state index < -0.39 is 16.1 Å². The van der Waals surface area contributed by atoms with Crippen LogP contribution in [0, 0.1) is 12.8 Å². The molecule has 6 nitrogen and oxygen atoms in total. The van der Waals surface area contributed by atoms with Crippen molar-refractivity contribution in [3.63, 3.8) is 0 Å². The van der Waals surface area contributed by atoms with E-state index in [-0.39, 0.29) is 19.2 Å². The molecule has 0 aliphatic carbocycles. The average Bonchev–Trinajstić information content (AvgIpc) is 2.52. The molecular formula is C18H28N2O4S. The summed E-state index contributed by atoms with van der Waals surface area (Å²) in [5.41, 5.74) is 1.92. The van der Waals surface area contributed by atoms with Gasteiger partial charge in [-0.1, -0.05) is 43.7 Å². The molecule has 1 atom stereocenters. The summed E-state index contributed by atoms with van der Waals surface area (Å²) in [6, 6.07) is 7.21. The van der Waals surface area contributed by atoms with Crippen molar-refractivity contribution in [1.82, 2.24) is 10.0 Å². The van der Waals surface area contributed by atoms with Crippen molar-refractivity contribution >= 4 is 22.2 Å². The first kappa shape index (κ1) is 21.2. The first-order chi connectivity index (χ1) is 11.7. The summed E-state index contributed by atoms with van der Waals surface area (Å²) in [4.78, 5) is 11.6. The summed E-state index contributed by atoms with van der Waals surface area (Å²) < 4.78 is 31.6. The average molecular weight is 368 g/mol. The highest BCUT2D eigenvalue weighted by molar-refractivity contribution is 7.92. The van der Waals surface area contributed by atoms with Gasteiger partial charge in [0.1, 0.15) is 0 Å². The number of nitrogens with one attached hydrogen (secondary N) is 2. The Hall–Kier alpha value is -1.86. The summed E-state index contributed by atoms with van der Waals surface area (Å²) in [5.74, 6) is 0.305. The van der Waals surface area contributed by atoms with Crippen LogP contribution >= 0.6 is 0 Å². The van der Waals surface area contributed by atoms with Crippen LogP contribution in [0.3, 0.4) is 0 Å². The molecule has 1 amide bonds. The van der Waals surface area contributed by atoms with Crippen molar-refractivity contribution in [2.45, 2.75) is 40.2 Å². The highest BCUT2D eigenvalue weighted by Gasteiger charge is 2.17. The van der Waals surface area contributed by atoms with Crippen LogP contribution in [-0.4, -0.2) is 33.7 Å². The first-order valence-electron chi connectivity index (χ1n) is 8.39. The van der Waals surface area contributed by atoms with E-state index in [1.54, 1.807) is 6.92 Å². The van der Waals surface area contributed by atoms with Crippen molar-refractivity contribution in [2.24, 2.45) is 5.92 Å². The molecule has 0 fully saturated rings. The maximum Gasteiger partial charge on any atom is 0.407 e. The Morgan fingerprint density at radius 2 is 1.88 bits per heavy atom. The van der Waals surface area contributed by atoms with E-state index in [0.29, 0.717) is 12.3 Å². The molecule has 1 aromatic carbocycles. The molecule has 0 saturated carbocycles. The lowest BCUT2D eigenvalue weighted by Gasteiger charge is -2.20. The van der Waals surface area contributed by atoms with Gasteiger partial charge in [-0.05, 0) is 37.8 Å². The van der Waals surface area contributed by atoms with E-state index in [0.717, 1.165) is 16.5 Å². The molecule has 0 radical (unpaired) electrons. The quantitative estimate of drug-likeness (QED) is 0.702. The number of aryl methyl sites for hydroxylation is 1. The minimum Gasteiger partial charge on any atom is -0.450 e. The molecule has 0 aliphatic rings. The van der Waals surface area contributed by atoms with Crippen molar-refractivity contribution in [1.29, 1.82) is 0 Å². The third kappa shape index (κ3) is 9.26. The summed E-state index contributed by atoms with van der Waals surface area (Å²) in [5, 5.41) is 3.82. The molecule has 7 heteroatoms. The van der Waals surface area contributed by atoms with Crippen LogP contribution in [0.5, 0.6) is 0 Å². The molecule has 2 N–H and O–H groups in total. The third-order valence-corrected chi connectivity index (χ3v) is 4.46. The third-order valence-electron chi connectivity index (χ3n) is 3.40. The summed E-state index contributed by atoms with van der Waals surface area (Å²) in [6.45, 7) is 8.08. The van der Waals surface area contributed by atoms with Gasteiger partial charge >= 0.3 is 6.09 Å². The Labute approximate surface area is 150 Å². The molecule has 0 aliphatic heterocycles. The fourth-order valence-corrected chi connectivity index (χ4v) is 3.08. The number of rotatable bonds is 9. The van der Waals surface area contributed by atoms with Gasteiger partial charge in [-0.2, -0.15) is 0 Å². The van der Waals surface area contributed by atoms with Gasteiger partial charge in [-0.15, -0.1) is 0 Å². The summed E-state index contributed by atoms with van der Waals surface area (Å²) in [6.07, 6.45) is 1.64. The highest BCUT2D eigenvalue weighted by atomic mass is 32.2. The van der Waals surface area contributed by atoms with Gasteiger partial charge in [0.05, 0.1) is 6.61 Å². The zero-order valence-corrected chi connectivity index (χ0v) is 16.1. The van der Waals surface area contributed by atoms with E-state index in [4.69, 9.17) is 4.74 Å². The second-order valence-electron chi connectivity index (χ2n) is 6.30. The smallest absolute Gasteiger partial charge is 0.407 e. The topological polar surface area (TPSA) is 84.5 Å². The van der Waals surface area contributed by atoms with Crippen LogP contribution in [0.25, 0.3) is 6.08 Å². The second kappa shape index (κ2) is 10.2. The van der Waals surface area contributed by atoms with Gasteiger partial charge in [-0.25, -0.2) is 17.9 Å². The fourth-order valence-electron chi connectivity index (χ4n) is 2.21. The number of amides is 1. The van der Waals surface area contributed by atoms with Crippen molar-refractivity contribution in [3.8, 4) is 0 Å². The lowest BCUT2D eigenvalue weighted by Crippen LogP contribution is -2.44. The molecule has 1 unspecified atom stereocenters. The van der Waals surface area contributed by atoms with Crippen LogP contribution < -0.4 is 10.0 Å². The standard InChI is InChI=1S/C18H28N2O4S/c1-5-24-18(21)20-17(12-14(2)3)13-19-25(22,23)11-10-16-8-6-15(4)7-9-16/h6-11,14,17,19H,5,12-13H2,1-4H3,(H,20,21)/b11-10+. The van der Waals surface area contributed by atoms with Gasteiger partial charge in [-0.3, -0.25) is 0 Å². The largest absolute Gasteiger partial charge is 0.450 e. The van der Waals surface area contributed by atoms with Crippen LogP contribution in [0.4, 0.5) is 4.79 Å². The predicted molar refractivity (Wildman–Crippen MR) is 101 cm³/mol. The van der Waals surface area contributed by atoms with Crippen molar-refractivity contribution < 1.29 is 17.9 Å². The van der Waals surface area contributed by atoms with Gasteiger partial charge < -0.3 is 10.1 Å².